The molecule has 10 heteroatoms. The molecule has 0 radical (unpaired) electrons. The number of pyridine rings is 2. The highest BCUT2D eigenvalue weighted by Crippen LogP contribution is 2.33. The van der Waals surface area contributed by atoms with E-state index >= 15 is 0 Å². The highest BCUT2D eigenvalue weighted by Gasteiger charge is 2.32. The number of morpholine rings is 1. The molecule has 2 fully saturated rings. The second kappa shape index (κ2) is 10.1. The molecule has 1 saturated carbocycles. The first-order chi connectivity index (χ1) is 16.6. The number of carbonyl (C=O) groups excluding carboxylic acids is 2. The van der Waals surface area contributed by atoms with Gasteiger partial charge in [-0.15, -0.1) is 0 Å². The minimum absolute atomic E-state index is 0.0131. The lowest BCUT2D eigenvalue weighted by Gasteiger charge is -2.38. The van der Waals surface area contributed by atoms with Crippen molar-refractivity contribution >= 4 is 46.0 Å². The molecule has 1 saturated heterocycles. The maximum atomic E-state index is 13.2. The molecule has 1 aliphatic heterocycles. The summed E-state index contributed by atoms with van der Waals surface area (Å²) in [6, 6.07) is 7.14. The number of rotatable bonds is 5. The summed E-state index contributed by atoms with van der Waals surface area (Å²) in [6.45, 7) is 3.46. The van der Waals surface area contributed by atoms with E-state index in [0.29, 0.717) is 28.0 Å². The summed E-state index contributed by atoms with van der Waals surface area (Å²) in [4.78, 5) is 37.1. The third kappa shape index (κ3) is 4.91. The molecule has 3 aromatic rings. The molecule has 0 aromatic carbocycles. The van der Waals surface area contributed by atoms with Gasteiger partial charge in [0.15, 0.2) is 5.58 Å². The Morgan fingerprint density at radius 1 is 1.03 bits per heavy atom. The zero-order valence-corrected chi connectivity index (χ0v) is 19.4. The third-order valence-corrected chi connectivity index (χ3v) is 6.72. The van der Waals surface area contributed by atoms with Crippen LogP contribution in [0.15, 0.2) is 41.1 Å². The van der Waals surface area contributed by atoms with Gasteiger partial charge in [0.25, 0.3) is 5.91 Å². The van der Waals surface area contributed by atoms with Gasteiger partial charge in [0.2, 0.25) is 11.7 Å². The Morgan fingerprint density at radius 3 is 2.56 bits per heavy atom. The van der Waals surface area contributed by atoms with Gasteiger partial charge >= 0.3 is 0 Å². The average molecular weight is 484 g/mol. The fourth-order valence-corrected chi connectivity index (χ4v) is 4.81. The molecule has 0 unspecified atom stereocenters. The van der Waals surface area contributed by atoms with E-state index in [1.807, 2.05) is 0 Å². The summed E-state index contributed by atoms with van der Waals surface area (Å²) in [5.74, 6) is -0.464. The predicted molar refractivity (Wildman–Crippen MR) is 128 cm³/mol. The zero-order valence-electron chi connectivity index (χ0n) is 18.6. The number of hydrogen-bond acceptors (Lipinski definition) is 7. The van der Waals surface area contributed by atoms with Crippen molar-refractivity contribution in [3.8, 4) is 0 Å². The second-order valence-corrected chi connectivity index (χ2v) is 9.05. The van der Waals surface area contributed by atoms with E-state index in [1.165, 1.54) is 6.20 Å². The van der Waals surface area contributed by atoms with Crippen LogP contribution < -0.4 is 10.6 Å². The van der Waals surface area contributed by atoms with Gasteiger partial charge in [-0.2, -0.15) is 0 Å². The summed E-state index contributed by atoms with van der Waals surface area (Å²) in [5.41, 5.74) is 1.14. The van der Waals surface area contributed by atoms with E-state index in [9.17, 15) is 9.59 Å². The van der Waals surface area contributed by atoms with Crippen LogP contribution in [0.25, 0.3) is 11.1 Å². The number of carbonyl (C=O) groups is 2. The smallest absolute Gasteiger partial charge is 0.294 e. The Hall–Kier alpha value is -3.01. The van der Waals surface area contributed by atoms with Crippen LogP contribution in [0, 0.1) is 5.92 Å². The molecule has 0 atom stereocenters. The molecule has 0 bridgehead atoms. The second-order valence-electron chi connectivity index (χ2n) is 8.62. The maximum Gasteiger partial charge on any atom is 0.294 e. The van der Waals surface area contributed by atoms with Crippen molar-refractivity contribution in [1.29, 1.82) is 0 Å². The summed E-state index contributed by atoms with van der Waals surface area (Å²) < 4.78 is 11.2. The Labute approximate surface area is 201 Å². The Bertz CT molecular complexity index is 1170. The largest absolute Gasteiger partial charge is 0.447 e. The van der Waals surface area contributed by atoms with Crippen molar-refractivity contribution in [2.75, 3.05) is 36.9 Å². The van der Waals surface area contributed by atoms with Crippen molar-refractivity contribution in [3.63, 3.8) is 0 Å². The van der Waals surface area contributed by atoms with Crippen molar-refractivity contribution in [3.05, 3.63) is 47.4 Å². The molecule has 9 nitrogen and oxygen atoms in total. The molecule has 1 aliphatic carbocycles. The lowest BCUT2D eigenvalue weighted by molar-refractivity contribution is -0.121. The molecule has 2 N–H and O–H groups in total. The molecule has 34 heavy (non-hydrogen) atoms. The van der Waals surface area contributed by atoms with Crippen LogP contribution in [0.4, 0.5) is 11.5 Å². The topological polar surface area (TPSA) is 110 Å². The first kappa shape index (κ1) is 22.8. The molecule has 3 aromatic heterocycles. The van der Waals surface area contributed by atoms with Gasteiger partial charge in [-0.3, -0.25) is 19.5 Å². The van der Waals surface area contributed by atoms with Crippen LogP contribution in [0.5, 0.6) is 0 Å². The Morgan fingerprint density at radius 2 is 1.82 bits per heavy atom. The van der Waals surface area contributed by atoms with E-state index in [1.54, 1.807) is 30.5 Å². The average Bonchev–Trinajstić information content (AvgIpc) is 3.24. The van der Waals surface area contributed by atoms with Crippen molar-refractivity contribution in [2.24, 2.45) is 5.92 Å². The van der Waals surface area contributed by atoms with E-state index < -0.39 is 5.91 Å². The quantitative estimate of drug-likeness (QED) is 0.565. The SMILES string of the molecule is O=C(Nc1ccc(Cl)cn1)c1oc2cccnc2c1NC(=O)[C@H]1CC[C@H](N2CCOCC2)CC1. The molecule has 2 aliphatic rings. The minimum Gasteiger partial charge on any atom is -0.447 e. The molecular weight excluding hydrogens is 458 g/mol. The van der Waals surface area contributed by atoms with Gasteiger partial charge in [-0.1, -0.05) is 11.6 Å². The molecular formula is C24H26ClN5O4. The van der Waals surface area contributed by atoms with Crippen LogP contribution in [0.3, 0.4) is 0 Å². The molecule has 4 heterocycles. The van der Waals surface area contributed by atoms with E-state index in [-0.39, 0.29) is 23.3 Å². The predicted octanol–water partition coefficient (Wildman–Crippen LogP) is 3.96. The number of ether oxygens (including phenoxy) is 1. The number of nitrogens with zero attached hydrogens (tertiary/aromatic N) is 3. The van der Waals surface area contributed by atoms with E-state index in [4.69, 9.17) is 20.8 Å². The number of anilines is 2. The van der Waals surface area contributed by atoms with Crippen LogP contribution in [-0.2, 0) is 9.53 Å². The highest BCUT2D eigenvalue weighted by atomic mass is 35.5. The number of fused-ring (bicyclic) bond motifs is 1. The molecule has 5 rings (SSSR count). The van der Waals surface area contributed by atoms with Crippen molar-refractivity contribution in [2.45, 2.75) is 31.7 Å². The summed E-state index contributed by atoms with van der Waals surface area (Å²) in [5, 5.41) is 6.09. The van der Waals surface area contributed by atoms with E-state index in [2.05, 4.69) is 25.5 Å². The van der Waals surface area contributed by atoms with Crippen LogP contribution >= 0.6 is 11.6 Å². The Kier molecular flexibility index (Phi) is 6.75. The van der Waals surface area contributed by atoms with E-state index in [0.717, 1.165) is 52.0 Å². The van der Waals surface area contributed by atoms with Gasteiger partial charge in [-0.25, -0.2) is 4.98 Å². The third-order valence-electron chi connectivity index (χ3n) is 6.50. The number of hydrogen-bond donors (Lipinski definition) is 2. The molecule has 2 amide bonds. The molecule has 178 valence electrons. The van der Waals surface area contributed by atoms with Gasteiger partial charge in [0, 0.05) is 37.4 Å². The summed E-state index contributed by atoms with van der Waals surface area (Å²) in [6.07, 6.45) is 6.58. The van der Waals surface area contributed by atoms with Gasteiger partial charge in [0.05, 0.1) is 18.2 Å². The van der Waals surface area contributed by atoms with Crippen LogP contribution in [-0.4, -0.2) is 59.0 Å². The highest BCUT2D eigenvalue weighted by molar-refractivity contribution is 6.30. The first-order valence-corrected chi connectivity index (χ1v) is 11.9. The van der Waals surface area contributed by atoms with Crippen LogP contribution in [0.2, 0.25) is 5.02 Å². The Balaban J connectivity index is 1.30. The number of furan rings is 1. The molecule has 0 spiro atoms. The normalized spacial score (nSPS) is 21.3. The minimum atomic E-state index is -0.529. The summed E-state index contributed by atoms with van der Waals surface area (Å²) >= 11 is 5.87. The fourth-order valence-electron chi connectivity index (χ4n) is 4.70. The number of halogens is 1. The van der Waals surface area contributed by atoms with Crippen LogP contribution in [0.1, 0.15) is 36.2 Å². The van der Waals surface area contributed by atoms with Crippen molar-refractivity contribution in [1.82, 2.24) is 14.9 Å². The lowest BCUT2D eigenvalue weighted by atomic mass is 9.84. The maximum absolute atomic E-state index is 13.2. The lowest BCUT2D eigenvalue weighted by Crippen LogP contribution is -2.45. The number of nitrogens with one attached hydrogen (secondary N) is 2. The van der Waals surface area contributed by atoms with Gasteiger partial charge in [-0.05, 0) is 49.9 Å². The monoisotopic (exact) mass is 483 g/mol. The van der Waals surface area contributed by atoms with Gasteiger partial charge < -0.3 is 19.8 Å². The fraction of sp³-hybridized carbons (Fsp3) is 0.417. The first-order valence-electron chi connectivity index (χ1n) is 11.5. The summed E-state index contributed by atoms with van der Waals surface area (Å²) in [7, 11) is 0. The zero-order chi connectivity index (χ0) is 23.5. The van der Waals surface area contributed by atoms with Gasteiger partial charge in [0.1, 0.15) is 17.0 Å². The standard InChI is InChI=1S/C24H26ClN5O4/c25-16-5-8-19(27-14-16)28-24(32)22-21(20-18(34-22)2-1-9-26-20)29-23(31)15-3-6-17(7-4-15)30-10-12-33-13-11-30/h1-2,5,8-9,14-15,17H,3-4,6-7,10-13H2,(H,29,31)(H,27,28,32)/t15-,17-. The van der Waals surface area contributed by atoms with Crippen molar-refractivity contribution < 1.29 is 18.7 Å². The number of aromatic nitrogens is 2. The number of amides is 2.